The van der Waals surface area contributed by atoms with E-state index in [2.05, 4.69) is 4.18 Å². The van der Waals surface area contributed by atoms with E-state index in [1.165, 1.54) is 11.6 Å². The Morgan fingerprint density at radius 1 is 1.20 bits per heavy atom. The Hall–Kier alpha value is -0.0700. The Labute approximate surface area is 111 Å². The van der Waals surface area contributed by atoms with Crippen LogP contribution in [-0.4, -0.2) is 13.0 Å². The predicted molar refractivity (Wildman–Crippen MR) is 48.8 cm³/mol. The summed E-state index contributed by atoms with van der Waals surface area (Å²) in [6, 6.07) is 4.94. The molecular weight excluding hydrogens is 227 g/mol. The molecule has 0 radical (unpaired) electrons. The first-order valence-corrected chi connectivity index (χ1v) is 5.65. The molecule has 6 heteroatoms. The molecule has 2 rings (SSSR count). The normalized spacial score (nSPS) is 14.2. The Morgan fingerprint density at radius 3 is 2.53 bits per heavy atom. The van der Waals surface area contributed by atoms with Gasteiger partial charge in [0.2, 0.25) is 0 Å². The van der Waals surface area contributed by atoms with Gasteiger partial charge in [-0.2, -0.15) is 0 Å². The van der Waals surface area contributed by atoms with Crippen LogP contribution in [0.2, 0.25) is 0 Å². The van der Waals surface area contributed by atoms with Gasteiger partial charge < -0.3 is 8.74 Å². The van der Waals surface area contributed by atoms with Crippen molar-refractivity contribution in [3.63, 3.8) is 0 Å². The molecular formula is C9H9NaO4S. The maximum atomic E-state index is 10.3. The van der Waals surface area contributed by atoms with Gasteiger partial charge in [-0.15, -0.1) is 0 Å². The van der Waals surface area contributed by atoms with Gasteiger partial charge in [-0.3, -0.25) is 0 Å². The molecule has 0 spiro atoms. The summed E-state index contributed by atoms with van der Waals surface area (Å²) < 4.78 is 35.2. The maximum absolute atomic E-state index is 10.3. The summed E-state index contributed by atoms with van der Waals surface area (Å²) >= 11 is 0. The number of rotatable bonds is 2. The number of hydrogen-bond donors (Lipinski definition) is 0. The maximum Gasteiger partial charge on any atom is 1.00 e. The first-order valence-electron chi connectivity index (χ1n) is 4.32. The van der Waals surface area contributed by atoms with Crippen LogP contribution in [0.5, 0.6) is 5.75 Å². The molecule has 76 valence electrons. The van der Waals surface area contributed by atoms with E-state index in [-0.39, 0.29) is 35.3 Å². The summed E-state index contributed by atoms with van der Waals surface area (Å²) in [7, 11) is -4.64. The summed E-state index contributed by atoms with van der Waals surface area (Å²) in [5.41, 5.74) is 2.28. The molecule has 4 nitrogen and oxygen atoms in total. The molecule has 0 N–H and O–H groups in total. The third kappa shape index (κ3) is 3.46. The van der Waals surface area contributed by atoms with E-state index in [4.69, 9.17) is 0 Å². The molecule has 0 aromatic heterocycles. The minimum absolute atomic E-state index is 0. The molecule has 0 aliphatic heterocycles. The molecule has 0 fully saturated rings. The number of benzene rings is 1. The van der Waals surface area contributed by atoms with Crippen molar-refractivity contribution in [3.8, 4) is 5.75 Å². The summed E-state index contributed by atoms with van der Waals surface area (Å²) in [6.07, 6.45) is 3.01. The van der Waals surface area contributed by atoms with Gasteiger partial charge in [0.1, 0.15) is 5.75 Å². The van der Waals surface area contributed by atoms with Gasteiger partial charge in [0.25, 0.3) is 10.4 Å². The van der Waals surface area contributed by atoms with Gasteiger partial charge in [0.15, 0.2) is 0 Å². The fourth-order valence-corrected chi connectivity index (χ4v) is 2.06. The zero-order valence-corrected chi connectivity index (χ0v) is 11.2. The van der Waals surface area contributed by atoms with Crippen molar-refractivity contribution in [2.24, 2.45) is 0 Å². The average molecular weight is 236 g/mol. The molecule has 0 unspecified atom stereocenters. The summed E-state index contributed by atoms with van der Waals surface area (Å²) in [4.78, 5) is 0. The molecule has 0 amide bonds. The Morgan fingerprint density at radius 2 is 1.87 bits per heavy atom. The van der Waals surface area contributed by atoms with Crippen molar-refractivity contribution in [1.29, 1.82) is 0 Å². The van der Waals surface area contributed by atoms with E-state index in [0.29, 0.717) is 0 Å². The van der Waals surface area contributed by atoms with Gasteiger partial charge in [0.05, 0.1) is 0 Å². The zero-order chi connectivity index (χ0) is 10.2. The second-order valence-corrected chi connectivity index (χ2v) is 4.26. The fourth-order valence-electron chi connectivity index (χ4n) is 1.72. The molecule has 1 aromatic rings. The van der Waals surface area contributed by atoms with E-state index in [1.807, 2.05) is 6.07 Å². The van der Waals surface area contributed by atoms with Crippen LogP contribution < -0.4 is 33.7 Å². The second kappa shape index (κ2) is 4.84. The van der Waals surface area contributed by atoms with Crippen LogP contribution in [0.25, 0.3) is 0 Å². The van der Waals surface area contributed by atoms with Gasteiger partial charge in [0, 0.05) is 0 Å². The van der Waals surface area contributed by atoms with Crippen LogP contribution in [0.15, 0.2) is 18.2 Å². The summed E-state index contributed by atoms with van der Waals surface area (Å²) in [5.74, 6) is 0.112. The molecule has 0 bridgehead atoms. The van der Waals surface area contributed by atoms with Crippen molar-refractivity contribution in [1.82, 2.24) is 0 Å². The minimum atomic E-state index is -4.64. The largest absolute Gasteiger partial charge is 1.00 e. The fraction of sp³-hybridized carbons (Fsp3) is 0.333. The van der Waals surface area contributed by atoms with Crippen LogP contribution in [0.3, 0.4) is 0 Å². The van der Waals surface area contributed by atoms with E-state index in [0.717, 1.165) is 24.8 Å². The van der Waals surface area contributed by atoms with E-state index in [1.54, 1.807) is 6.07 Å². The van der Waals surface area contributed by atoms with Crippen molar-refractivity contribution >= 4 is 10.4 Å². The van der Waals surface area contributed by atoms with Crippen LogP contribution in [0.1, 0.15) is 17.5 Å². The van der Waals surface area contributed by atoms with Crippen molar-refractivity contribution in [2.75, 3.05) is 0 Å². The standard InChI is InChI=1S/C9H10O4S.Na/c10-14(11,12)13-9-5-4-7-2-1-3-8(7)6-9;/h4-6H,1-3H2,(H,10,11,12);/q;+1/p-1. The van der Waals surface area contributed by atoms with E-state index < -0.39 is 10.4 Å². The predicted octanol–water partition coefficient (Wildman–Crippen LogP) is -1.98. The van der Waals surface area contributed by atoms with Gasteiger partial charge in [-0.1, -0.05) is 6.07 Å². The monoisotopic (exact) mass is 236 g/mol. The third-order valence-electron chi connectivity index (χ3n) is 2.27. The first kappa shape index (κ1) is 13.0. The van der Waals surface area contributed by atoms with Crippen LogP contribution in [-0.2, 0) is 23.2 Å². The molecule has 1 aromatic carbocycles. The van der Waals surface area contributed by atoms with Crippen molar-refractivity contribution in [3.05, 3.63) is 29.3 Å². The van der Waals surface area contributed by atoms with E-state index >= 15 is 0 Å². The van der Waals surface area contributed by atoms with Gasteiger partial charge >= 0.3 is 29.6 Å². The minimum Gasteiger partial charge on any atom is -0.716 e. The summed E-state index contributed by atoms with van der Waals surface area (Å²) in [5, 5.41) is 0. The molecule has 0 heterocycles. The molecule has 0 saturated carbocycles. The van der Waals surface area contributed by atoms with E-state index in [9.17, 15) is 13.0 Å². The molecule has 15 heavy (non-hydrogen) atoms. The first-order chi connectivity index (χ1) is 6.54. The number of hydrogen-bond acceptors (Lipinski definition) is 4. The molecule has 0 saturated heterocycles. The topological polar surface area (TPSA) is 66.4 Å². The van der Waals surface area contributed by atoms with Gasteiger partial charge in [-0.05, 0) is 42.5 Å². The molecule has 1 aliphatic carbocycles. The van der Waals surface area contributed by atoms with Crippen LogP contribution in [0, 0.1) is 0 Å². The molecule has 1 aliphatic rings. The van der Waals surface area contributed by atoms with Crippen molar-refractivity contribution < 1.29 is 46.7 Å². The Balaban J connectivity index is 0.00000112. The van der Waals surface area contributed by atoms with Crippen molar-refractivity contribution in [2.45, 2.75) is 19.3 Å². The number of aryl methyl sites for hydroxylation is 2. The SMILES string of the molecule is O=S(=O)([O-])Oc1ccc2c(c1)CCC2.[Na+]. The average Bonchev–Trinajstić information content (AvgIpc) is 2.47. The second-order valence-electron chi connectivity index (χ2n) is 3.28. The Kier molecular flexibility index (Phi) is 4.20. The zero-order valence-electron chi connectivity index (χ0n) is 8.39. The Bertz CT molecular complexity index is 455. The summed E-state index contributed by atoms with van der Waals surface area (Å²) in [6.45, 7) is 0. The van der Waals surface area contributed by atoms with Crippen LogP contribution >= 0.6 is 0 Å². The van der Waals surface area contributed by atoms with Gasteiger partial charge in [-0.25, -0.2) is 8.42 Å². The molecule has 0 atom stereocenters. The number of fused-ring (bicyclic) bond motifs is 1. The smallest absolute Gasteiger partial charge is 0.716 e. The third-order valence-corrected chi connectivity index (χ3v) is 2.66. The quantitative estimate of drug-likeness (QED) is 0.339. The van der Waals surface area contributed by atoms with Crippen LogP contribution in [0.4, 0.5) is 0 Å².